The van der Waals surface area contributed by atoms with E-state index in [-0.39, 0.29) is 5.91 Å². The van der Waals surface area contributed by atoms with Crippen LogP contribution in [0.15, 0.2) is 24.5 Å². The second-order valence-electron chi connectivity index (χ2n) is 5.63. The number of aromatic nitrogens is 5. The summed E-state index contributed by atoms with van der Waals surface area (Å²) in [5.41, 5.74) is 3.94. The van der Waals surface area contributed by atoms with Crippen LogP contribution in [-0.2, 0) is 13.1 Å². The summed E-state index contributed by atoms with van der Waals surface area (Å²) in [5.74, 6) is -0.0960. The third-order valence-corrected chi connectivity index (χ3v) is 3.86. The van der Waals surface area contributed by atoms with Crippen molar-refractivity contribution in [1.82, 2.24) is 29.3 Å². The maximum absolute atomic E-state index is 12.8. The zero-order valence-electron chi connectivity index (χ0n) is 13.8. The summed E-state index contributed by atoms with van der Waals surface area (Å²) in [6, 6.07) is 3.87. The van der Waals surface area contributed by atoms with E-state index in [0.717, 1.165) is 23.6 Å². The fraction of sp³-hybridized carbons (Fsp3) is 0.375. The molecule has 0 bridgehead atoms. The van der Waals surface area contributed by atoms with E-state index in [1.54, 1.807) is 28.9 Å². The molecule has 0 fully saturated rings. The summed E-state index contributed by atoms with van der Waals surface area (Å²) in [4.78, 5) is 18.9. The van der Waals surface area contributed by atoms with Gasteiger partial charge in [-0.1, -0.05) is 0 Å². The van der Waals surface area contributed by atoms with Crippen molar-refractivity contribution >= 4 is 11.6 Å². The molecule has 23 heavy (non-hydrogen) atoms. The highest BCUT2D eigenvalue weighted by atomic mass is 16.2. The number of carbonyl (C=O) groups excluding carboxylic acids is 1. The number of carbonyl (C=O) groups is 1. The maximum Gasteiger partial charge on any atom is 0.259 e. The van der Waals surface area contributed by atoms with Crippen molar-refractivity contribution < 1.29 is 4.79 Å². The van der Waals surface area contributed by atoms with Crippen molar-refractivity contribution in [2.45, 2.75) is 33.9 Å². The molecule has 120 valence electrons. The Bertz CT molecular complexity index is 863. The molecule has 0 aliphatic carbocycles. The normalized spacial score (nSPS) is 11.1. The molecular formula is C16H20N6O. The van der Waals surface area contributed by atoms with Crippen LogP contribution in [0, 0.1) is 13.8 Å². The Morgan fingerprint density at radius 1 is 1.30 bits per heavy atom. The Labute approximate surface area is 134 Å². The molecule has 0 spiro atoms. The quantitative estimate of drug-likeness (QED) is 0.737. The second-order valence-corrected chi connectivity index (χ2v) is 5.63. The number of aryl methyl sites for hydroxylation is 3. The first kappa shape index (κ1) is 15.2. The summed E-state index contributed by atoms with van der Waals surface area (Å²) in [7, 11) is 1.78. The van der Waals surface area contributed by atoms with Crippen LogP contribution < -0.4 is 0 Å². The minimum Gasteiger partial charge on any atom is -0.336 e. The lowest BCUT2D eigenvalue weighted by Crippen LogP contribution is -2.27. The number of hydrogen-bond donors (Lipinski definition) is 0. The van der Waals surface area contributed by atoms with Crippen LogP contribution in [0.3, 0.4) is 0 Å². The summed E-state index contributed by atoms with van der Waals surface area (Å²) in [6.07, 6.45) is 3.34. The molecule has 0 atom stereocenters. The van der Waals surface area contributed by atoms with E-state index in [9.17, 15) is 4.79 Å². The minimum atomic E-state index is -0.0960. The largest absolute Gasteiger partial charge is 0.336 e. The lowest BCUT2D eigenvalue weighted by atomic mass is 10.2. The molecule has 0 aliphatic rings. The van der Waals surface area contributed by atoms with Gasteiger partial charge in [-0.25, -0.2) is 9.50 Å². The molecule has 0 aliphatic heterocycles. The van der Waals surface area contributed by atoms with E-state index in [0.29, 0.717) is 17.8 Å². The van der Waals surface area contributed by atoms with E-state index in [2.05, 4.69) is 15.2 Å². The van der Waals surface area contributed by atoms with Crippen LogP contribution in [0.2, 0.25) is 0 Å². The van der Waals surface area contributed by atoms with Gasteiger partial charge < -0.3 is 4.90 Å². The molecule has 0 unspecified atom stereocenters. The van der Waals surface area contributed by atoms with Gasteiger partial charge in [0.05, 0.1) is 18.4 Å². The van der Waals surface area contributed by atoms with Gasteiger partial charge in [-0.05, 0) is 32.9 Å². The highest BCUT2D eigenvalue weighted by Gasteiger charge is 2.20. The predicted molar refractivity (Wildman–Crippen MR) is 86.2 cm³/mol. The van der Waals surface area contributed by atoms with Crippen molar-refractivity contribution in [3.05, 3.63) is 47.2 Å². The van der Waals surface area contributed by atoms with Gasteiger partial charge in [-0.15, -0.1) is 0 Å². The van der Waals surface area contributed by atoms with Crippen molar-refractivity contribution in [2.75, 3.05) is 7.05 Å². The lowest BCUT2D eigenvalue weighted by molar-refractivity contribution is 0.0783. The first-order chi connectivity index (χ1) is 11.0. The Hall–Kier alpha value is -2.70. The van der Waals surface area contributed by atoms with Gasteiger partial charge in [0.2, 0.25) is 0 Å². The molecule has 0 N–H and O–H groups in total. The Morgan fingerprint density at radius 3 is 2.83 bits per heavy atom. The number of amides is 1. The van der Waals surface area contributed by atoms with E-state index in [4.69, 9.17) is 0 Å². The SMILES string of the molecule is CCn1nccc1CN(C)C(=O)c1cnn2c(C)cc(C)nc12. The van der Waals surface area contributed by atoms with E-state index in [1.807, 2.05) is 37.6 Å². The van der Waals surface area contributed by atoms with Gasteiger partial charge >= 0.3 is 0 Å². The van der Waals surface area contributed by atoms with Crippen LogP contribution in [0.5, 0.6) is 0 Å². The van der Waals surface area contributed by atoms with Gasteiger partial charge in [-0.3, -0.25) is 9.48 Å². The topological polar surface area (TPSA) is 68.3 Å². The van der Waals surface area contributed by atoms with Crippen LogP contribution in [-0.4, -0.2) is 42.2 Å². The number of rotatable bonds is 4. The van der Waals surface area contributed by atoms with Crippen molar-refractivity contribution in [3.63, 3.8) is 0 Å². The molecule has 1 amide bonds. The monoisotopic (exact) mass is 312 g/mol. The molecule has 0 aromatic carbocycles. The summed E-state index contributed by atoms with van der Waals surface area (Å²) in [6.45, 7) is 7.17. The van der Waals surface area contributed by atoms with Gasteiger partial charge in [0.1, 0.15) is 5.56 Å². The fourth-order valence-electron chi connectivity index (χ4n) is 2.72. The predicted octanol–water partition coefficient (Wildman–Crippen LogP) is 1.83. The Kier molecular flexibility index (Phi) is 3.85. The lowest BCUT2D eigenvalue weighted by Gasteiger charge is -2.17. The van der Waals surface area contributed by atoms with Crippen LogP contribution in [0.4, 0.5) is 0 Å². The molecule has 3 aromatic rings. The average Bonchev–Trinajstić information content (AvgIpc) is 3.12. The highest BCUT2D eigenvalue weighted by molar-refractivity contribution is 5.99. The maximum atomic E-state index is 12.8. The van der Waals surface area contributed by atoms with Crippen molar-refractivity contribution in [2.24, 2.45) is 0 Å². The molecule has 3 heterocycles. The van der Waals surface area contributed by atoms with Gasteiger partial charge in [0, 0.05) is 31.2 Å². The summed E-state index contributed by atoms with van der Waals surface area (Å²) in [5, 5.41) is 8.52. The van der Waals surface area contributed by atoms with Crippen LogP contribution in [0.1, 0.15) is 34.4 Å². The first-order valence-corrected chi connectivity index (χ1v) is 7.59. The fourth-order valence-corrected chi connectivity index (χ4v) is 2.72. The molecule has 0 saturated carbocycles. The second kappa shape index (κ2) is 5.83. The molecule has 0 radical (unpaired) electrons. The number of hydrogen-bond acceptors (Lipinski definition) is 4. The Balaban J connectivity index is 1.91. The molecule has 7 nitrogen and oxygen atoms in total. The molecule has 7 heteroatoms. The number of fused-ring (bicyclic) bond motifs is 1. The smallest absolute Gasteiger partial charge is 0.259 e. The molecule has 0 saturated heterocycles. The van der Waals surface area contributed by atoms with Crippen LogP contribution >= 0.6 is 0 Å². The average molecular weight is 312 g/mol. The van der Waals surface area contributed by atoms with Gasteiger partial charge in [-0.2, -0.15) is 10.2 Å². The first-order valence-electron chi connectivity index (χ1n) is 7.59. The van der Waals surface area contributed by atoms with E-state index in [1.165, 1.54) is 0 Å². The van der Waals surface area contributed by atoms with Gasteiger partial charge in [0.15, 0.2) is 5.65 Å². The zero-order valence-corrected chi connectivity index (χ0v) is 13.8. The Morgan fingerprint density at radius 2 is 2.09 bits per heavy atom. The minimum absolute atomic E-state index is 0.0960. The van der Waals surface area contributed by atoms with Crippen molar-refractivity contribution in [1.29, 1.82) is 0 Å². The third-order valence-electron chi connectivity index (χ3n) is 3.86. The highest BCUT2D eigenvalue weighted by Crippen LogP contribution is 2.15. The number of nitrogens with zero attached hydrogens (tertiary/aromatic N) is 6. The molecular weight excluding hydrogens is 292 g/mol. The summed E-state index contributed by atoms with van der Waals surface area (Å²) >= 11 is 0. The van der Waals surface area contributed by atoms with E-state index >= 15 is 0 Å². The van der Waals surface area contributed by atoms with Crippen LogP contribution in [0.25, 0.3) is 5.65 Å². The standard InChI is InChI=1S/C16H20N6O/c1-5-21-13(6-7-17-21)10-20(4)16(23)14-9-18-22-12(3)8-11(2)19-15(14)22/h6-9H,5,10H2,1-4H3. The van der Waals surface area contributed by atoms with E-state index < -0.39 is 0 Å². The molecule has 3 rings (SSSR count). The zero-order chi connectivity index (χ0) is 16.6. The molecule has 3 aromatic heterocycles. The summed E-state index contributed by atoms with van der Waals surface area (Å²) < 4.78 is 3.58. The van der Waals surface area contributed by atoms with Gasteiger partial charge in [0.25, 0.3) is 5.91 Å². The third kappa shape index (κ3) is 2.69. The van der Waals surface area contributed by atoms with Crippen molar-refractivity contribution in [3.8, 4) is 0 Å².